The maximum Gasteiger partial charge on any atom is 0.434 e. The number of anilines is 1. The van der Waals surface area contributed by atoms with Gasteiger partial charge in [-0.15, -0.1) is 0 Å². The fraction of sp³-hybridized carbons (Fsp3) is 0.700. The Bertz CT molecular complexity index is 383. The van der Waals surface area contributed by atoms with E-state index in [4.69, 9.17) is 0 Å². The van der Waals surface area contributed by atoms with Crippen molar-refractivity contribution in [2.24, 2.45) is 5.92 Å². The Labute approximate surface area is 91.7 Å². The van der Waals surface area contributed by atoms with Gasteiger partial charge in [0.2, 0.25) is 5.95 Å². The first-order chi connectivity index (χ1) is 7.43. The molecule has 2 atom stereocenters. The summed E-state index contributed by atoms with van der Waals surface area (Å²) in [6, 6.07) is 0.0971. The maximum atomic E-state index is 12.5. The van der Waals surface area contributed by atoms with E-state index in [0.717, 1.165) is 12.6 Å². The largest absolute Gasteiger partial charge is 0.434 e. The predicted molar refractivity (Wildman–Crippen MR) is 54.2 cm³/mol. The predicted octanol–water partition coefficient (Wildman–Crippen LogP) is 2.91. The van der Waals surface area contributed by atoms with Crippen molar-refractivity contribution >= 4 is 5.95 Å². The zero-order valence-corrected chi connectivity index (χ0v) is 9.17. The third-order valence-electron chi connectivity index (χ3n) is 3.04. The molecule has 0 saturated carbocycles. The maximum absolute atomic E-state index is 12.5. The average molecular weight is 233 g/mol. The van der Waals surface area contributed by atoms with Gasteiger partial charge < -0.3 is 9.88 Å². The Morgan fingerprint density at radius 3 is 2.81 bits per heavy atom. The van der Waals surface area contributed by atoms with Gasteiger partial charge in [0, 0.05) is 18.8 Å². The molecule has 3 nitrogen and oxygen atoms in total. The number of hydrogen-bond donors (Lipinski definition) is 1. The van der Waals surface area contributed by atoms with Gasteiger partial charge in [0.25, 0.3) is 0 Å². The van der Waals surface area contributed by atoms with Crippen LogP contribution in [0.3, 0.4) is 0 Å². The molecule has 0 aromatic carbocycles. The highest BCUT2D eigenvalue weighted by Crippen LogP contribution is 2.35. The summed E-state index contributed by atoms with van der Waals surface area (Å²) in [5.74, 6) is 0.644. The molecule has 1 aliphatic rings. The Morgan fingerprint density at radius 1 is 1.56 bits per heavy atom. The minimum Gasteiger partial charge on any atom is -0.355 e. The van der Waals surface area contributed by atoms with E-state index in [2.05, 4.69) is 10.3 Å². The summed E-state index contributed by atoms with van der Waals surface area (Å²) in [7, 11) is 0. The van der Waals surface area contributed by atoms with Gasteiger partial charge in [-0.2, -0.15) is 13.2 Å². The first-order valence-electron chi connectivity index (χ1n) is 5.33. The molecule has 2 rings (SSSR count). The van der Waals surface area contributed by atoms with Crippen molar-refractivity contribution in [3.63, 3.8) is 0 Å². The van der Waals surface area contributed by atoms with Gasteiger partial charge in [-0.3, -0.25) is 0 Å². The number of rotatable bonds is 1. The molecule has 90 valence electrons. The first kappa shape index (κ1) is 11.3. The van der Waals surface area contributed by atoms with Gasteiger partial charge in [-0.05, 0) is 12.3 Å². The van der Waals surface area contributed by atoms with E-state index in [9.17, 15) is 13.2 Å². The molecule has 0 spiro atoms. The number of nitrogens with zero attached hydrogens (tertiary/aromatic N) is 2. The van der Waals surface area contributed by atoms with Crippen LogP contribution in [-0.2, 0) is 6.18 Å². The van der Waals surface area contributed by atoms with E-state index < -0.39 is 11.9 Å². The van der Waals surface area contributed by atoms with E-state index in [1.54, 1.807) is 4.57 Å². The zero-order chi connectivity index (χ0) is 11.9. The summed E-state index contributed by atoms with van der Waals surface area (Å²) in [6.45, 7) is 4.67. The fourth-order valence-electron chi connectivity index (χ4n) is 2.18. The monoisotopic (exact) mass is 233 g/mol. The molecule has 0 aliphatic carbocycles. The Balaban J connectivity index is 2.40. The lowest BCUT2D eigenvalue weighted by atomic mass is 9.98. The quantitative estimate of drug-likeness (QED) is 0.808. The Morgan fingerprint density at radius 2 is 2.25 bits per heavy atom. The SMILES string of the molecule is CCC1C(C)CNc2nc(C(F)(F)F)cn21. The molecule has 0 radical (unpaired) electrons. The fourth-order valence-corrected chi connectivity index (χ4v) is 2.18. The van der Waals surface area contributed by atoms with E-state index >= 15 is 0 Å². The second kappa shape index (κ2) is 3.68. The highest BCUT2D eigenvalue weighted by atomic mass is 19.4. The lowest BCUT2D eigenvalue weighted by molar-refractivity contribution is -0.140. The number of hydrogen-bond acceptors (Lipinski definition) is 2. The number of aromatic nitrogens is 2. The van der Waals surface area contributed by atoms with Crippen molar-refractivity contribution in [2.75, 3.05) is 11.9 Å². The highest BCUT2D eigenvalue weighted by molar-refractivity contribution is 5.33. The van der Waals surface area contributed by atoms with Crippen LogP contribution in [0.1, 0.15) is 32.0 Å². The van der Waals surface area contributed by atoms with Crippen LogP contribution in [0.4, 0.5) is 19.1 Å². The van der Waals surface area contributed by atoms with Gasteiger partial charge in [0.1, 0.15) is 0 Å². The molecule has 2 heterocycles. The summed E-state index contributed by atoms with van der Waals surface area (Å²) in [6.07, 6.45) is -2.46. The van der Waals surface area contributed by atoms with Crippen LogP contribution in [0.25, 0.3) is 0 Å². The second-order valence-electron chi connectivity index (χ2n) is 4.19. The molecule has 0 fully saturated rings. The third kappa shape index (κ3) is 1.76. The third-order valence-corrected chi connectivity index (χ3v) is 3.04. The molecular weight excluding hydrogens is 219 g/mol. The van der Waals surface area contributed by atoms with Crippen LogP contribution >= 0.6 is 0 Å². The molecule has 0 saturated heterocycles. The summed E-state index contributed by atoms with van der Waals surface area (Å²) in [4.78, 5) is 3.58. The lowest BCUT2D eigenvalue weighted by Crippen LogP contribution is -2.30. The Kier molecular flexibility index (Phi) is 2.59. The minimum absolute atomic E-state index is 0.0971. The van der Waals surface area contributed by atoms with Crippen LogP contribution in [0.15, 0.2) is 6.20 Å². The molecule has 2 unspecified atom stereocenters. The van der Waals surface area contributed by atoms with Crippen LogP contribution in [0, 0.1) is 5.92 Å². The van der Waals surface area contributed by atoms with Crippen molar-refractivity contribution < 1.29 is 13.2 Å². The van der Waals surface area contributed by atoms with E-state index in [0.29, 0.717) is 18.4 Å². The normalized spacial score (nSPS) is 25.1. The smallest absolute Gasteiger partial charge is 0.355 e. The van der Waals surface area contributed by atoms with Crippen molar-refractivity contribution in [1.29, 1.82) is 0 Å². The lowest BCUT2D eigenvalue weighted by Gasteiger charge is -2.30. The molecule has 1 aromatic rings. The molecule has 1 N–H and O–H groups in total. The number of alkyl halides is 3. The van der Waals surface area contributed by atoms with E-state index in [1.807, 2.05) is 13.8 Å². The second-order valence-corrected chi connectivity index (χ2v) is 4.19. The highest BCUT2D eigenvalue weighted by Gasteiger charge is 2.37. The summed E-state index contributed by atoms with van der Waals surface area (Å²) < 4.78 is 39.1. The van der Waals surface area contributed by atoms with Gasteiger partial charge in [0.15, 0.2) is 5.69 Å². The van der Waals surface area contributed by atoms with E-state index in [-0.39, 0.29) is 6.04 Å². The molecule has 6 heteroatoms. The number of fused-ring (bicyclic) bond motifs is 1. The van der Waals surface area contributed by atoms with Crippen molar-refractivity contribution in [1.82, 2.24) is 9.55 Å². The molecule has 0 bridgehead atoms. The number of halogens is 3. The van der Waals surface area contributed by atoms with Crippen LogP contribution in [0.5, 0.6) is 0 Å². The van der Waals surface area contributed by atoms with Crippen molar-refractivity contribution in [3.05, 3.63) is 11.9 Å². The summed E-state index contributed by atoms with van der Waals surface area (Å²) in [5.41, 5.74) is -0.817. The van der Waals surface area contributed by atoms with Crippen molar-refractivity contribution in [2.45, 2.75) is 32.5 Å². The molecular formula is C10H14F3N3. The summed E-state index contributed by atoms with van der Waals surface area (Å²) >= 11 is 0. The van der Waals surface area contributed by atoms with Crippen LogP contribution < -0.4 is 5.32 Å². The van der Waals surface area contributed by atoms with Gasteiger partial charge in [-0.25, -0.2) is 4.98 Å². The summed E-state index contributed by atoms with van der Waals surface area (Å²) in [5, 5.41) is 2.92. The topological polar surface area (TPSA) is 29.9 Å². The van der Waals surface area contributed by atoms with E-state index in [1.165, 1.54) is 0 Å². The zero-order valence-electron chi connectivity index (χ0n) is 9.17. The number of imidazole rings is 1. The molecule has 16 heavy (non-hydrogen) atoms. The molecule has 1 aromatic heterocycles. The van der Waals surface area contributed by atoms with Gasteiger partial charge in [0.05, 0.1) is 0 Å². The van der Waals surface area contributed by atoms with Gasteiger partial charge >= 0.3 is 6.18 Å². The molecule has 1 aliphatic heterocycles. The average Bonchev–Trinajstić information content (AvgIpc) is 2.60. The first-order valence-corrected chi connectivity index (χ1v) is 5.33. The van der Waals surface area contributed by atoms with Crippen LogP contribution in [-0.4, -0.2) is 16.1 Å². The standard InChI is InChI=1S/C10H14F3N3/c1-3-7-6(2)4-14-9-15-8(5-16(7)9)10(11,12)13/h5-7H,3-4H2,1-2H3,(H,14,15). The molecule has 0 amide bonds. The van der Waals surface area contributed by atoms with Gasteiger partial charge in [-0.1, -0.05) is 13.8 Å². The van der Waals surface area contributed by atoms with Crippen molar-refractivity contribution in [3.8, 4) is 0 Å². The minimum atomic E-state index is -4.37. The van der Waals surface area contributed by atoms with Crippen LogP contribution in [0.2, 0.25) is 0 Å². The number of nitrogens with one attached hydrogen (secondary N) is 1. The Hall–Kier alpha value is -1.20.